The van der Waals surface area contributed by atoms with Crippen molar-refractivity contribution in [3.05, 3.63) is 89.7 Å². The lowest BCUT2D eigenvalue weighted by Gasteiger charge is -2.11. The fraction of sp³-hybridized carbons (Fsp3) is 0.0870. The van der Waals surface area contributed by atoms with E-state index in [0.717, 1.165) is 0 Å². The first-order chi connectivity index (χ1) is 14.9. The van der Waals surface area contributed by atoms with Gasteiger partial charge in [0.05, 0.1) is 6.61 Å². The fourth-order valence-corrected chi connectivity index (χ4v) is 2.89. The molecule has 6 nitrogen and oxygen atoms in total. The second-order valence-electron chi connectivity index (χ2n) is 6.41. The Kier molecular flexibility index (Phi) is 7.29. The van der Waals surface area contributed by atoms with Crippen molar-refractivity contribution >= 4 is 40.5 Å². The van der Waals surface area contributed by atoms with Crippen LogP contribution in [0.3, 0.4) is 0 Å². The molecule has 0 aliphatic carbocycles. The molecule has 0 unspecified atom stereocenters. The van der Waals surface area contributed by atoms with E-state index in [-0.39, 0.29) is 22.7 Å². The zero-order chi connectivity index (χ0) is 22.2. The third-order valence-corrected chi connectivity index (χ3v) is 4.34. The summed E-state index contributed by atoms with van der Waals surface area (Å²) in [5.41, 5.74) is 1.81. The summed E-state index contributed by atoms with van der Waals surface area (Å²) in [7, 11) is 0. The van der Waals surface area contributed by atoms with Crippen LogP contribution in [-0.2, 0) is 0 Å². The predicted octanol–water partition coefficient (Wildman–Crippen LogP) is 4.60. The van der Waals surface area contributed by atoms with E-state index in [1.807, 2.05) is 6.92 Å². The number of nitrogens with one attached hydrogen (secondary N) is 3. The van der Waals surface area contributed by atoms with Gasteiger partial charge < -0.3 is 15.4 Å². The van der Waals surface area contributed by atoms with Crippen molar-refractivity contribution < 1.29 is 18.7 Å². The van der Waals surface area contributed by atoms with Gasteiger partial charge in [0.2, 0.25) is 0 Å². The molecule has 8 heteroatoms. The monoisotopic (exact) mass is 437 g/mol. The highest BCUT2D eigenvalue weighted by Gasteiger charge is 2.10. The van der Waals surface area contributed by atoms with Crippen LogP contribution in [0.4, 0.5) is 15.8 Å². The number of halogens is 1. The molecule has 0 saturated heterocycles. The third-order valence-electron chi connectivity index (χ3n) is 4.14. The van der Waals surface area contributed by atoms with Crippen LogP contribution in [0, 0.1) is 5.82 Å². The van der Waals surface area contributed by atoms with Crippen molar-refractivity contribution in [3.8, 4) is 5.75 Å². The smallest absolute Gasteiger partial charge is 0.257 e. The maximum absolute atomic E-state index is 13.0. The molecule has 158 valence electrons. The number of benzene rings is 3. The highest BCUT2D eigenvalue weighted by atomic mass is 32.1. The number of hydrogen-bond donors (Lipinski definition) is 3. The minimum atomic E-state index is -0.384. The molecule has 0 saturated carbocycles. The molecule has 0 atom stereocenters. The van der Waals surface area contributed by atoms with Crippen molar-refractivity contribution in [1.29, 1.82) is 0 Å². The van der Waals surface area contributed by atoms with Gasteiger partial charge in [0.1, 0.15) is 11.6 Å². The first kappa shape index (κ1) is 21.9. The van der Waals surface area contributed by atoms with Gasteiger partial charge in [0.15, 0.2) is 5.11 Å². The average molecular weight is 437 g/mol. The van der Waals surface area contributed by atoms with Gasteiger partial charge in [-0.1, -0.05) is 6.07 Å². The van der Waals surface area contributed by atoms with E-state index in [2.05, 4.69) is 16.0 Å². The molecular weight excluding hydrogens is 417 g/mol. The minimum absolute atomic E-state index is 0.0926. The normalized spacial score (nSPS) is 10.1. The zero-order valence-electron chi connectivity index (χ0n) is 16.6. The van der Waals surface area contributed by atoms with Crippen molar-refractivity contribution in [3.63, 3.8) is 0 Å². The number of carbonyl (C=O) groups excluding carboxylic acids is 2. The van der Waals surface area contributed by atoms with Crippen LogP contribution in [0.5, 0.6) is 5.75 Å². The Morgan fingerprint density at radius 3 is 2.26 bits per heavy atom. The lowest BCUT2D eigenvalue weighted by atomic mass is 10.2. The summed E-state index contributed by atoms with van der Waals surface area (Å²) in [6, 6.07) is 18.8. The zero-order valence-corrected chi connectivity index (χ0v) is 17.5. The summed E-state index contributed by atoms with van der Waals surface area (Å²) in [5.74, 6) is -0.439. The van der Waals surface area contributed by atoms with Gasteiger partial charge in [-0.2, -0.15) is 0 Å². The number of amides is 2. The second kappa shape index (κ2) is 10.3. The van der Waals surface area contributed by atoms with Gasteiger partial charge in [0, 0.05) is 22.5 Å². The number of anilines is 2. The van der Waals surface area contributed by atoms with E-state index in [4.69, 9.17) is 17.0 Å². The van der Waals surface area contributed by atoms with Gasteiger partial charge >= 0.3 is 0 Å². The summed E-state index contributed by atoms with van der Waals surface area (Å²) in [6.07, 6.45) is 0. The Morgan fingerprint density at radius 1 is 0.871 bits per heavy atom. The number of thiocarbonyl (C=S) groups is 1. The Labute approximate surface area is 184 Å². The largest absolute Gasteiger partial charge is 0.494 e. The van der Waals surface area contributed by atoms with Crippen molar-refractivity contribution in [1.82, 2.24) is 5.32 Å². The molecule has 0 aliphatic heterocycles. The van der Waals surface area contributed by atoms with E-state index >= 15 is 0 Å². The topological polar surface area (TPSA) is 79.5 Å². The summed E-state index contributed by atoms with van der Waals surface area (Å²) < 4.78 is 18.4. The van der Waals surface area contributed by atoms with E-state index in [0.29, 0.717) is 34.9 Å². The molecule has 31 heavy (non-hydrogen) atoms. The van der Waals surface area contributed by atoms with Gasteiger partial charge in [-0.15, -0.1) is 0 Å². The first-order valence-corrected chi connectivity index (χ1v) is 9.87. The third kappa shape index (κ3) is 6.35. The second-order valence-corrected chi connectivity index (χ2v) is 6.82. The molecule has 0 aliphatic rings. The van der Waals surface area contributed by atoms with E-state index in [9.17, 15) is 14.0 Å². The summed E-state index contributed by atoms with van der Waals surface area (Å²) in [6.45, 7) is 2.42. The SMILES string of the molecule is CCOc1ccc(C(=O)NC(=S)Nc2cccc(C(=O)Nc3ccc(F)cc3)c2)cc1. The Bertz CT molecular complexity index is 1090. The summed E-state index contributed by atoms with van der Waals surface area (Å²) >= 11 is 5.20. The van der Waals surface area contributed by atoms with Crippen LogP contribution in [0.25, 0.3) is 0 Å². The molecule has 0 radical (unpaired) electrons. The van der Waals surface area contributed by atoms with Crippen molar-refractivity contribution in [2.75, 3.05) is 17.2 Å². The Morgan fingerprint density at radius 2 is 1.58 bits per heavy atom. The highest BCUT2D eigenvalue weighted by Crippen LogP contribution is 2.15. The lowest BCUT2D eigenvalue weighted by molar-refractivity contribution is 0.0976. The molecule has 3 aromatic carbocycles. The number of ether oxygens (including phenoxy) is 1. The Hall–Kier alpha value is -3.78. The number of hydrogen-bond acceptors (Lipinski definition) is 4. The van der Waals surface area contributed by atoms with Gasteiger partial charge in [-0.05, 0) is 85.9 Å². The molecular formula is C23H20FN3O3S. The summed E-state index contributed by atoms with van der Waals surface area (Å²) in [4.78, 5) is 24.8. The van der Waals surface area contributed by atoms with Gasteiger partial charge in [-0.25, -0.2) is 4.39 Å². The van der Waals surface area contributed by atoms with Crippen LogP contribution in [0.15, 0.2) is 72.8 Å². The maximum atomic E-state index is 13.0. The number of rotatable bonds is 6. The van der Waals surface area contributed by atoms with Crippen LogP contribution < -0.4 is 20.7 Å². The maximum Gasteiger partial charge on any atom is 0.257 e. The van der Waals surface area contributed by atoms with E-state index < -0.39 is 0 Å². The lowest BCUT2D eigenvalue weighted by Crippen LogP contribution is -2.34. The van der Waals surface area contributed by atoms with E-state index in [1.165, 1.54) is 24.3 Å². The molecule has 3 rings (SSSR count). The standard InChI is InChI=1S/C23H20FN3O3S/c1-2-30-20-12-6-15(7-13-20)21(28)27-23(31)26-19-5-3-4-16(14-19)22(29)25-18-10-8-17(24)9-11-18/h3-14H,2H2,1H3,(H,25,29)(H2,26,27,28,31). The average Bonchev–Trinajstić information content (AvgIpc) is 2.76. The van der Waals surface area contributed by atoms with Crippen LogP contribution in [-0.4, -0.2) is 23.5 Å². The molecule has 3 N–H and O–H groups in total. The van der Waals surface area contributed by atoms with Crippen LogP contribution in [0.1, 0.15) is 27.6 Å². The molecule has 0 bridgehead atoms. The first-order valence-electron chi connectivity index (χ1n) is 9.47. The minimum Gasteiger partial charge on any atom is -0.494 e. The number of carbonyl (C=O) groups is 2. The molecule has 3 aromatic rings. The molecule has 0 fully saturated rings. The van der Waals surface area contributed by atoms with E-state index in [1.54, 1.807) is 48.5 Å². The van der Waals surface area contributed by atoms with Crippen LogP contribution in [0.2, 0.25) is 0 Å². The van der Waals surface area contributed by atoms with Crippen molar-refractivity contribution in [2.24, 2.45) is 0 Å². The quantitative estimate of drug-likeness (QED) is 0.491. The molecule has 0 heterocycles. The fourth-order valence-electron chi connectivity index (χ4n) is 2.68. The predicted molar refractivity (Wildman–Crippen MR) is 122 cm³/mol. The van der Waals surface area contributed by atoms with Crippen LogP contribution >= 0.6 is 12.2 Å². The van der Waals surface area contributed by atoms with Gasteiger partial charge in [0.25, 0.3) is 11.8 Å². The van der Waals surface area contributed by atoms with Crippen molar-refractivity contribution in [2.45, 2.75) is 6.92 Å². The van der Waals surface area contributed by atoms with Gasteiger partial charge in [-0.3, -0.25) is 14.9 Å². The highest BCUT2D eigenvalue weighted by molar-refractivity contribution is 7.80. The summed E-state index contributed by atoms with van der Waals surface area (Å²) in [5, 5.41) is 8.26. The Balaban J connectivity index is 1.59. The molecule has 0 aromatic heterocycles. The molecule has 0 spiro atoms. The molecule has 2 amide bonds.